The van der Waals surface area contributed by atoms with Crippen LogP contribution < -0.4 is 10.6 Å². The van der Waals surface area contributed by atoms with Gasteiger partial charge in [-0.3, -0.25) is 10.1 Å². The Kier molecular flexibility index (Phi) is 4.56. The number of rotatable bonds is 6. The van der Waals surface area contributed by atoms with Gasteiger partial charge in [-0.1, -0.05) is 6.92 Å². The lowest BCUT2D eigenvalue weighted by molar-refractivity contribution is -0.383. The van der Waals surface area contributed by atoms with Crippen LogP contribution in [0.15, 0.2) is 6.33 Å². The number of nitrogens with one attached hydrogen (secondary N) is 2. The molecule has 9 nitrogen and oxygen atoms in total. The minimum absolute atomic E-state index is 0.0358. The van der Waals surface area contributed by atoms with E-state index in [9.17, 15) is 18.5 Å². The van der Waals surface area contributed by atoms with Crippen molar-refractivity contribution in [2.24, 2.45) is 0 Å². The third-order valence-electron chi connectivity index (χ3n) is 3.12. The van der Waals surface area contributed by atoms with Gasteiger partial charge in [0.05, 0.1) is 16.4 Å². The summed E-state index contributed by atoms with van der Waals surface area (Å²) in [5, 5.41) is 17.0. The average Bonchev–Trinajstić information content (AvgIpc) is 2.75. The number of nitrogens with zero attached hydrogens (tertiary/aromatic N) is 3. The van der Waals surface area contributed by atoms with Crippen molar-refractivity contribution in [3.63, 3.8) is 0 Å². The van der Waals surface area contributed by atoms with Gasteiger partial charge in [0.25, 0.3) is 0 Å². The van der Waals surface area contributed by atoms with Crippen molar-refractivity contribution in [2.75, 3.05) is 28.7 Å². The SMILES string of the molecule is CCCNc1ncnc(NC2CCS(=O)(=O)C2)c1[N+](=O)[O-]. The molecule has 2 heterocycles. The summed E-state index contributed by atoms with van der Waals surface area (Å²) in [4.78, 5) is 18.4. The van der Waals surface area contributed by atoms with Gasteiger partial charge in [-0.15, -0.1) is 0 Å². The van der Waals surface area contributed by atoms with Gasteiger partial charge in [-0.25, -0.2) is 18.4 Å². The van der Waals surface area contributed by atoms with Crippen LogP contribution in [0.2, 0.25) is 0 Å². The molecule has 21 heavy (non-hydrogen) atoms. The summed E-state index contributed by atoms with van der Waals surface area (Å²) >= 11 is 0. The Morgan fingerprint density at radius 2 is 2.14 bits per heavy atom. The highest BCUT2D eigenvalue weighted by molar-refractivity contribution is 7.91. The summed E-state index contributed by atoms with van der Waals surface area (Å²) in [6, 6.07) is -0.359. The fourth-order valence-corrected chi connectivity index (χ4v) is 3.81. The first-order chi connectivity index (χ1) is 9.93. The number of hydrogen-bond donors (Lipinski definition) is 2. The fourth-order valence-electron chi connectivity index (χ4n) is 2.13. The summed E-state index contributed by atoms with van der Waals surface area (Å²) < 4.78 is 22.9. The molecule has 1 fully saturated rings. The molecule has 0 saturated carbocycles. The predicted molar refractivity (Wildman–Crippen MR) is 78.1 cm³/mol. The van der Waals surface area contributed by atoms with Crippen LogP contribution in [-0.2, 0) is 9.84 Å². The zero-order chi connectivity index (χ0) is 15.5. The first-order valence-corrected chi connectivity index (χ1v) is 8.45. The molecule has 1 aromatic heterocycles. The molecule has 0 amide bonds. The van der Waals surface area contributed by atoms with Gasteiger partial charge in [0, 0.05) is 12.6 Å². The Labute approximate surface area is 122 Å². The van der Waals surface area contributed by atoms with Gasteiger partial charge < -0.3 is 10.6 Å². The second-order valence-electron chi connectivity index (χ2n) is 4.85. The second kappa shape index (κ2) is 6.20. The maximum absolute atomic E-state index is 11.4. The largest absolute Gasteiger partial charge is 0.364 e. The minimum Gasteiger partial charge on any atom is -0.364 e. The highest BCUT2D eigenvalue weighted by Crippen LogP contribution is 2.30. The molecular weight excluding hydrogens is 298 g/mol. The van der Waals surface area contributed by atoms with Gasteiger partial charge in [0.2, 0.25) is 11.6 Å². The van der Waals surface area contributed by atoms with Crippen LogP contribution in [0.3, 0.4) is 0 Å². The van der Waals surface area contributed by atoms with Gasteiger partial charge in [-0.05, 0) is 12.8 Å². The van der Waals surface area contributed by atoms with E-state index in [0.717, 1.165) is 6.42 Å². The van der Waals surface area contributed by atoms with Crippen LogP contribution in [0.4, 0.5) is 17.3 Å². The lowest BCUT2D eigenvalue weighted by Crippen LogP contribution is -2.22. The third kappa shape index (κ3) is 3.78. The Bertz CT molecular complexity index is 634. The quantitative estimate of drug-likeness (QED) is 0.583. The molecule has 2 rings (SSSR count). The molecule has 1 atom stereocenters. The van der Waals surface area contributed by atoms with Crippen molar-refractivity contribution in [1.82, 2.24) is 9.97 Å². The highest BCUT2D eigenvalue weighted by atomic mass is 32.2. The fraction of sp³-hybridized carbons (Fsp3) is 0.636. The molecule has 0 spiro atoms. The maximum atomic E-state index is 11.4. The molecular formula is C11H17N5O4S. The first-order valence-electron chi connectivity index (χ1n) is 6.63. The van der Waals surface area contributed by atoms with Crippen LogP contribution >= 0.6 is 0 Å². The van der Waals surface area contributed by atoms with Crippen LogP contribution in [-0.4, -0.2) is 47.4 Å². The summed E-state index contributed by atoms with van der Waals surface area (Å²) in [5.74, 6) is 0.243. The van der Waals surface area contributed by atoms with Crippen molar-refractivity contribution < 1.29 is 13.3 Å². The lowest BCUT2D eigenvalue weighted by Gasteiger charge is -2.13. The summed E-state index contributed by atoms with van der Waals surface area (Å²) in [6.07, 6.45) is 2.43. The molecule has 1 saturated heterocycles. The average molecular weight is 315 g/mol. The van der Waals surface area contributed by atoms with E-state index < -0.39 is 14.8 Å². The molecule has 10 heteroatoms. The van der Waals surface area contributed by atoms with Gasteiger partial charge >= 0.3 is 5.69 Å². The smallest absolute Gasteiger partial charge is 0.353 e. The van der Waals surface area contributed by atoms with E-state index in [-0.39, 0.29) is 34.9 Å². The molecule has 2 N–H and O–H groups in total. The minimum atomic E-state index is -3.06. The molecule has 1 aromatic rings. The normalized spacial score (nSPS) is 20.1. The van der Waals surface area contributed by atoms with Crippen LogP contribution in [0.1, 0.15) is 19.8 Å². The van der Waals surface area contributed by atoms with Gasteiger partial charge in [-0.2, -0.15) is 0 Å². The highest BCUT2D eigenvalue weighted by Gasteiger charge is 2.31. The van der Waals surface area contributed by atoms with E-state index in [1.807, 2.05) is 6.92 Å². The van der Waals surface area contributed by atoms with Crippen molar-refractivity contribution in [3.8, 4) is 0 Å². The molecule has 0 aromatic carbocycles. The standard InChI is InChI=1S/C11H17N5O4S/c1-2-4-12-10-9(16(17)18)11(14-7-13-10)15-8-3-5-21(19,20)6-8/h7-8H,2-6H2,1H3,(H2,12,13,14,15). The second-order valence-corrected chi connectivity index (χ2v) is 7.08. The maximum Gasteiger partial charge on any atom is 0.353 e. The summed E-state index contributed by atoms with van der Waals surface area (Å²) in [6.45, 7) is 2.48. The summed E-state index contributed by atoms with van der Waals surface area (Å²) in [7, 11) is -3.06. The van der Waals surface area contributed by atoms with Crippen molar-refractivity contribution in [3.05, 3.63) is 16.4 Å². The van der Waals surface area contributed by atoms with Crippen LogP contribution in [0, 0.1) is 10.1 Å². The van der Waals surface area contributed by atoms with Gasteiger partial charge in [0.15, 0.2) is 9.84 Å². The molecule has 0 aliphatic carbocycles. The van der Waals surface area contributed by atoms with Gasteiger partial charge in [0.1, 0.15) is 6.33 Å². The van der Waals surface area contributed by atoms with Crippen LogP contribution in [0.5, 0.6) is 0 Å². The monoisotopic (exact) mass is 315 g/mol. The molecule has 0 radical (unpaired) electrons. The molecule has 1 unspecified atom stereocenters. The first kappa shape index (κ1) is 15.4. The van der Waals surface area contributed by atoms with Crippen LogP contribution in [0.25, 0.3) is 0 Å². The lowest BCUT2D eigenvalue weighted by atomic mass is 10.2. The molecule has 116 valence electrons. The number of anilines is 2. The Hall–Kier alpha value is -1.97. The summed E-state index contributed by atoms with van der Waals surface area (Å²) in [5.41, 5.74) is -0.254. The van der Waals surface area contributed by atoms with E-state index in [0.29, 0.717) is 13.0 Å². The Morgan fingerprint density at radius 1 is 1.43 bits per heavy atom. The molecule has 0 bridgehead atoms. The van der Waals surface area contributed by atoms with E-state index >= 15 is 0 Å². The van der Waals surface area contributed by atoms with E-state index in [2.05, 4.69) is 20.6 Å². The number of sulfone groups is 1. The number of aromatic nitrogens is 2. The van der Waals surface area contributed by atoms with Crippen molar-refractivity contribution >= 4 is 27.2 Å². The predicted octanol–water partition coefficient (Wildman–Crippen LogP) is 0.806. The zero-order valence-corrected chi connectivity index (χ0v) is 12.4. The van der Waals surface area contributed by atoms with E-state index in [1.54, 1.807) is 0 Å². The number of hydrogen-bond acceptors (Lipinski definition) is 8. The molecule has 1 aliphatic rings. The van der Waals surface area contributed by atoms with Crippen molar-refractivity contribution in [2.45, 2.75) is 25.8 Å². The number of nitro groups is 1. The Morgan fingerprint density at radius 3 is 2.71 bits per heavy atom. The topological polar surface area (TPSA) is 127 Å². The van der Waals surface area contributed by atoms with Crippen molar-refractivity contribution in [1.29, 1.82) is 0 Å². The third-order valence-corrected chi connectivity index (χ3v) is 4.89. The van der Waals surface area contributed by atoms with E-state index in [4.69, 9.17) is 0 Å². The van der Waals surface area contributed by atoms with E-state index in [1.165, 1.54) is 6.33 Å². The molecule has 1 aliphatic heterocycles. The Balaban J connectivity index is 2.24. The zero-order valence-electron chi connectivity index (χ0n) is 11.6.